The van der Waals surface area contributed by atoms with Crippen molar-refractivity contribution < 1.29 is 9.53 Å². The van der Waals surface area contributed by atoms with Crippen molar-refractivity contribution in [3.8, 4) is 5.75 Å². The highest BCUT2D eigenvalue weighted by Crippen LogP contribution is 2.15. The molecule has 0 bridgehead atoms. The third-order valence-electron chi connectivity index (χ3n) is 3.22. The molecule has 0 aliphatic heterocycles. The maximum atomic E-state index is 11.8. The number of amides is 1. The molecular formula is C19H16N2O2S. The van der Waals surface area contributed by atoms with Crippen LogP contribution in [0.5, 0.6) is 5.75 Å². The van der Waals surface area contributed by atoms with Crippen molar-refractivity contribution in [3.63, 3.8) is 0 Å². The van der Waals surface area contributed by atoms with Gasteiger partial charge in [0, 0.05) is 17.7 Å². The molecule has 0 radical (unpaired) electrons. The molecular weight excluding hydrogens is 320 g/mol. The molecule has 0 spiro atoms. The number of thiazole rings is 1. The molecule has 0 saturated heterocycles. The molecule has 3 rings (SSSR count). The first-order chi connectivity index (χ1) is 11.8. The Morgan fingerprint density at radius 3 is 2.62 bits per heavy atom. The second-order valence-corrected chi connectivity index (χ2v) is 5.90. The first-order valence-electron chi connectivity index (χ1n) is 7.45. The van der Waals surface area contributed by atoms with Crippen molar-refractivity contribution in [3.05, 3.63) is 83.4 Å². The van der Waals surface area contributed by atoms with Crippen LogP contribution >= 0.6 is 11.3 Å². The van der Waals surface area contributed by atoms with Crippen molar-refractivity contribution in [1.29, 1.82) is 0 Å². The molecule has 1 N–H and O–H groups in total. The van der Waals surface area contributed by atoms with Gasteiger partial charge >= 0.3 is 0 Å². The van der Waals surface area contributed by atoms with Gasteiger partial charge in [0.05, 0.1) is 0 Å². The summed E-state index contributed by atoms with van der Waals surface area (Å²) >= 11 is 1.39. The first-order valence-corrected chi connectivity index (χ1v) is 8.33. The van der Waals surface area contributed by atoms with Crippen LogP contribution < -0.4 is 10.1 Å². The molecule has 1 aromatic heterocycles. The first kappa shape index (κ1) is 16.0. The second kappa shape index (κ2) is 8.08. The van der Waals surface area contributed by atoms with Crippen molar-refractivity contribution in [2.75, 3.05) is 5.32 Å². The summed E-state index contributed by atoms with van der Waals surface area (Å²) in [6.45, 7) is 0.534. The number of hydrogen-bond donors (Lipinski definition) is 1. The number of hydrogen-bond acceptors (Lipinski definition) is 4. The van der Waals surface area contributed by atoms with E-state index in [1.54, 1.807) is 12.3 Å². The highest BCUT2D eigenvalue weighted by molar-refractivity contribution is 7.13. The molecule has 5 heteroatoms. The number of carbonyl (C=O) groups is 1. The van der Waals surface area contributed by atoms with Crippen LogP contribution in [0.4, 0.5) is 5.13 Å². The maximum absolute atomic E-state index is 11.8. The van der Waals surface area contributed by atoms with Crippen LogP contribution in [0.1, 0.15) is 11.1 Å². The summed E-state index contributed by atoms with van der Waals surface area (Å²) < 4.78 is 5.73. The predicted octanol–water partition coefficient (Wildman–Crippen LogP) is 4.37. The lowest BCUT2D eigenvalue weighted by molar-refractivity contribution is -0.111. The molecule has 0 fully saturated rings. The van der Waals surface area contributed by atoms with Gasteiger partial charge in [-0.15, -0.1) is 11.3 Å². The smallest absolute Gasteiger partial charge is 0.250 e. The van der Waals surface area contributed by atoms with E-state index in [0.717, 1.165) is 16.9 Å². The van der Waals surface area contributed by atoms with Crippen LogP contribution in [0, 0.1) is 0 Å². The van der Waals surface area contributed by atoms with Crippen LogP contribution in [0.3, 0.4) is 0 Å². The van der Waals surface area contributed by atoms with Crippen molar-refractivity contribution in [1.82, 2.24) is 4.98 Å². The quantitative estimate of drug-likeness (QED) is 0.680. The summed E-state index contributed by atoms with van der Waals surface area (Å²) in [5, 5.41) is 5.10. The van der Waals surface area contributed by atoms with E-state index >= 15 is 0 Å². The van der Waals surface area contributed by atoms with Crippen LogP contribution in [-0.2, 0) is 11.4 Å². The topological polar surface area (TPSA) is 51.2 Å². The van der Waals surface area contributed by atoms with Gasteiger partial charge in [0.15, 0.2) is 5.13 Å². The van der Waals surface area contributed by atoms with E-state index in [1.165, 1.54) is 17.4 Å². The Balaban J connectivity index is 1.52. The molecule has 0 aliphatic rings. The highest BCUT2D eigenvalue weighted by atomic mass is 32.1. The van der Waals surface area contributed by atoms with E-state index in [4.69, 9.17) is 4.74 Å². The minimum absolute atomic E-state index is 0.200. The standard InChI is InChI=1S/C19H16N2O2S/c22-18(21-19-20-12-13-24-19)11-8-15-6-9-17(10-7-15)23-14-16-4-2-1-3-5-16/h1-13H,14H2,(H,20,21,22). The van der Waals surface area contributed by atoms with Gasteiger partial charge in [-0.05, 0) is 29.3 Å². The lowest BCUT2D eigenvalue weighted by Crippen LogP contribution is -2.06. The zero-order valence-corrected chi connectivity index (χ0v) is 13.7. The van der Waals surface area contributed by atoms with E-state index in [9.17, 15) is 4.79 Å². The largest absolute Gasteiger partial charge is 0.489 e. The number of nitrogens with zero attached hydrogens (tertiary/aromatic N) is 1. The number of carbonyl (C=O) groups excluding carboxylic acids is 1. The fraction of sp³-hybridized carbons (Fsp3) is 0.0526. The Bertz CT molecular complexity index is 797. The number of rotatable bonds is 6. The summed E-state index contributed by atoms with van der Waals surface area (Å²) in [5.41, 5.74) is 2.05. The molecule has 2 aromatic carbocycles. The molecule has 120 valence electrons. The zero-order chi connectivity index (χ0) is 16.6. The fourth-order valence-corrected chi connectivity index (χ4v) is 2.55. The van der Waals surface area contributed by atoms with Crippen LogP contribution in [0.2, 0.25) is 0 Å². The molecule has 1 amide bonds. The number of ether oxygens (including phenoxy) is 1. The van der Waals surface area contributed by atoms with Crippen LogP contribution in [-0.4, -0.2) is 10.9 Å². The molecule has 0 aliphatic carbocycles. The van der Waals surface area contributed by atoms with Crippen LogP contribution in [0.15, 0.2) is 72.3 Å². The number of nitrogens with one attached hydrogen (secondary N) is 1. The van der Waals surface area contributed by atoms with Gasteiger partial charge in [-0.25, -0.2) is 4.98 Å². The highest BCUT2D eigenvalue weighted by Gasteiger charge is 2.00. The van der Waals surface area contributed by atoms with Gasteiger partial charge in [0.25, 0.3) is 0 Å². The summed E-state index contributed by atoms with van der Waals surface area (Å²) in [5.74, 6) is 0.595. The molecule has 24 heavy (non-hydrogen) atoms. The van der Waals surface area contributed by atoms with Crippen molar-refractivity contribution in [2.45, 2.75) is 6.61 Å². The summed E-state index contributed by atoms with van der Waals surface area (Å²) in [6, 6.07) is 17.6. The Morgan fingerprint density at radius 1 is 1.12 bits per heavy atom. The Labute approximate surface area is 144 Å². The predicted molar refractivity (Wildman–Crippen MR) is 97.0 cm³/mol. The van der Waals surface area contributed by atoms with E-state index in [-0.39, 0.29) is 5.91 Å². The van der Waals surface area contributed by atoms with Crippen LogP contribution in [0.25, 0.3) is 6.08 Å². The van der Waals surface area contributed by atoms with Gasteiger partial charge < -0.3 is 4.74 Å². The summed E-state index contributed by atoms with van der Waals surface area (Å²) in [4.78, 5) is 15.8. The minimum atomic E-state index is -0.200. The number of aromatic nitrogens is 1. The molecule has 4 nitrogen and oxygen atoms in total. The summed E-state index contributed by atoms with van der Waals surface area (Å²) in [7, 11) is 0. The Hall–Kier alpha value is -2.92. The number of anilines is 1. The van der Waals surface area contributed by atoms with Crippen molar-refractivity contribution in [2.24, 2.45) is 0 Å². The Kier molecular flexibility index (Phi) is 5.37. The number of benzene rings is 2. The van der Waals surface area contributed by atoms with Crippen molar-refractivity contribution >= 4 is 28.5 Å². The fourth-order valence-electron chi connectivity index (χ4n) is 2.02. The summed E-state index contributed by atoms with van der Waals surface area (Å²) in [6.07, 6.45) is 4.89. The third-order valence-corrected chi connectivity index (χ3v) is 3.91. The molecule has 3 aromatic rings. The molecule has 0 unspecified atom stereocenters. The lowest BCUT2D eigenvalue weighted by atomic mass is 10.2. The second-order valence-electron chi connectivity index (χ2n) is 5.00. The molecule has 0 atom stereocenters. The van der Waals surface area contributed by atoms with E-state index in [2.05, 4.69) is 10.3 Å². The van der Waals surface area contributed by atoms with Gasteiger partial charge in [-0.1, -0.05) is 42.5 Å². The third kappa shape index (κ3) is 4.79. The van der Waals surface area contributed by atoms with E-state index in [0.29, 0.717) is 11.7 Å². The van der Waals surface area contributed by atoms with E-state index < -0.39 is 0 Å². The van der Waals surface area contributed by atoms with Gasteiger partial charge in [-0.2, -0.15) is 0 Å². The monoisotopic (exact) mass is 336 g/mol. The van der Waals surface area contributed by atoms with Gasteiger partial charge in [0.2, 0.25) is 5.91 Å². The average Bonchev–Trinajstić information content (AvgIpc) is 3.13. The maximum Gasteiger partial charge on any atom is 0.250 e. The molecule has 0 saturated carbocycles. The zero-order valence-electron chi connectivity index (χ0n) is 12.9. The van der Waals surface area contributed by atoms with E-state index in [1.807, 2.05) is 60.0 Å². The Morgan fingerprint density at radius 2 is 1.92 bits per heavy atom. The van der Waals surface area contributed by atoms with Gasteiger partial charge in [-0.3, -0.25) is 10.1 Å². The SMILES string of the molecule is O=C(C=Cc1ccc(OCc2ccccc2)cc1)Nc1nccs1. The normalized spacial score (nSPS) is 10.7. The average molecular weight is 336 g/mol. The minimum Gasteiger partial charge on any atom is -0.489 e. The molecule has 1 heterocycles. The van der Waals surface area contributed by atoms with Gasteiger partial charge in [0.1, 0.15) is 12.4 Å². The lowest BCUT2D eigenvalue weighted by Gasteiger charge is -2.06.